The number of pyridine rings is 1. The van der Waals surface area contributed by atoms with Crippen molar-refractivity contribution in [2.75, 3.05) is 6.54 Å². The molecule has 0 aliphatic carbocycles. The van der Waals surface area contributed by atoms with Gasteiger partial charge >= 0.3 is 0 Å². The number of nitrogens with one attached hydrogen (secondary N) is 3. The monoisotopic (exact) mass is 323 g/mol. The molecule has 2 aromatic heterocycles. The summed E-state index contributed by atoms with van der Waals surface area (Å²) in [5.74, 6) is -0.417. The van der Waals surface area contributed by atoms with Gasteiger partial charge in [-0.2, -0.15) is 5.10 Å². The fourth-order valence-corrected chi connectivity index (χ4v) is 3.28. The lowest BCUT2D eigenvalue weighted by atomic mass is 10.3. The predicted octanol–water partition coefficient (Wildman–Crippen LogP) is 0.0162. The first-order valence-corrected chi connectivity index (χ1v) is 8.05. The van der Waals surface area contributed by atoms with Crippen LogP contribution in [0.4, 0.5) is 0 Å². The summed E-state index contributed by atoms with van der Waals surface area (Å²) >= 11 is 0. The molecular weight excluding hydrogens is 306 g/mol. The Balaban J connectivity index is 1.91. The fraction of sp³-hybridized carbons (Fsp3) is 0.308. The van der Waals surface area contributed by atoms with Gasteiger partial charge in [-0.05, 0) is 31.5 Å². The smallest absolute Gasteiger partial charge is 0.244 e. The number of carbonyl (C=O) groups is 1. The number of aromatic nitrogens is 3. The molecule has 0 spiro atoms. The predicted molar refractivity (Wildman–Crippen MR) is 79.3 cm³/mol. The molecule has 0 aromatic carbocycles. The Morgan fingerprint density at radius 2 is 1.95 bits per heavy atom. The Morgan fingerprint density at radius 3 is 2.55 bits per heavy atom. The summed E-state index contributed by atoms with van der Waals surface area (Å²) in [5, 5.41) is 9.07. The van der Waals surface area contributed by atoms with Crippen LogP contribution in [0.25, 0.3) is 0 Å². The summed E-state index contributed by atoms with van der Waals surface area (Å²) in [6.07, 6.45) is 3.24. The first-order valence-electron chi connectivity index (χ1n) is 6.57. The van der Waals surface area contributed by atoms with Gasteiger partial charge < -0.3 is 5.32 Å². The molecule has 0 radical (unpaired) electrons. The van der Waals surface area contributed by atoms with Crippen molar-refractivity contribution in [3.05, 3.63) is 41.5 Å². The van der Waals surface area contributed by atoms with Crippen LogP contribution in [0, 0.1) is 13.8 Å². The number of H-pyrrole nitrogens is 1. The standard InChI is InChI=1S/C13H17N5O3S/c1-9-13(10(2)18-17-9)22(20,21)16-8-12(19)15-7-11-3-5-14-6-4-11/h3-6,16H,7-8H2,1-2H3,(H,15,19)(H,17,18). The van der Waals surface area contributed by atoms with E-state index < -0.39 is 15.9 Å². The summed E-state index contributed by atoms with van der Waals surface area (Å²) in [5.41, 5.74) is 1.68. The van der Waals surface area contributed by atoms with E-state index in [1.165, 1.54) is 0 Å². The van der Waals surface area contributed by atoms with Gasteiger partial charge in [0.25, 0.3) is 0 Å². The molecule has 3 N–H and O–H groups in total. The van der Waals surface area contributed by atoms with Gasteiger partial charge in [-0.25, -0.2) is 13.1 Å². The second-order valence-corrected chi connectivity index (χ2v) is 6.42. The minimum absolute atomic E-state index is 0.0782. The number of sulfonamides is 1. The number of aromatic amines is 1. The first-order chi connectivity index (χ1) is 10.4. The highest BCUT2D eigenvalue weighted by Crippen LogP contribution is 2.15. The van der Waals surface area contributed by atoms with E-state index in [0.717, 1.165) is 5.56 Å². The van der Waals surface area contributed by atoms with E-state index in [1.54, 1.807) is 38.4 Å². The molecule has 22 heavy (non-hydrogen) atoms. The van der Waals surface area contributed by atoms with Gasteiger partial charge in [-0.15, -0.1) is 0 Å². The molecule has 0 fully saturated rings. The average molecular weight is 323 g/mol. The van der Waals surface area contributed by atoms with Crippen molar-refractivity contribution in [1.29, 1.82) is 0 Å². The second-order valence-electron chi connectivity index (χ2n) is 4.72. The number of carbonyl (C=O) groups excluding carboxylic acids is 1. The maximum Gasteiger partial charge on any atom is 0.244 e. The van der Waals surface area contributed by atoms with Crippen LogP contribution in [0.3, 0.4) is 0 Å². The van der Waals surface area contributed by atoms with Crippen LogP contribution < -0.4 is 10.0 Å². The second kappa shape index (κ2) is 6.67. The maximum absolute atomic E-state index is 12.2. The van der Waals surface area contributed by atoms with Gasteiger partial charge in [-0.3, -0.25) is 14.9 Å². The maximum atomic E-state index is 12.2. The molecule has 1 amide bonds. The molecule has 8 nitrogen and oxygen atoms in total. The van der Waals surface area contributed by atoms with Gasteiger partial charge in [0.15, 0.2) is 0 Å². The molecule has 0 saturated heterocycles. The summed E-state index contributed by atoms with van der Waals surface area (Å²) < 4.78 is 26.6. The molecule has 0 aliphatic heterocycles. The number of aryl methyl sites for hydroxylation is 2. The molecule has 2 rings (SSSR count). The summed E-state index contributed by atoms with van der Waals surface area (Å²) in [4.78, 5) is 15.7. The Hall–Kier alpha value is -2.26. The third-order valence-electron chi connectivity index (χ3n) is 2.99. The largest absolute Gasteiger partial charge is 0.351 e. The van der Waals surface area contributed by atoms with Crippen LogP contribution in [0.1, 0.15) is 17.0 Å². The Labute approximate surface area is 128 Å². The molecule has 0 aliphatic rings. The zero-order valence-electron chi connectivity index (χ0n) is 12.3. The zero-order valence-corrected chi connectivity index (χ0v) is 13.1. The Bertz CT molecular complexity index is 736. The normalized spacial score (nSPS) is 11.4. The van der Waals surface area contributed by atoms with E-state index in [1.807, 2.05) is 0 Å². The van der Waals surface area contributed by atoms with E-state index >= 15 is 0 Å². The number of amides is 1. The molecule has 0 bridgehead atoms. The number of rotatable bonds is 6. The van der Waals surface area contributed by atoms with Gasteiger partial charge in [0.2, 0.25) is 15.9 Å². The van der Waals surface area contributed by atoms with Crippen molar-refractivity contribution >= 4 is 15.9 Å². The van der Waals surface area contributed by atoms with E-state index in [4.69, 9.17) is 0 Å². The number of nitrogens with zero attached hydrogens (tertiary/aromatic N) is 2. The van der Waals surface area contributed by atoms with Crippen molar-refractivity contribution in [2.45, 2.75) is 25.3 Å². The van der Waals surface area contributed by atoms with E-state index in [9.17, 15) is 13.2 Å². The topological polar surface area (TPSA) is 117 Å². The third-order valence-corrected chi connectivity index (χ3v) is 4.65. The van der Waals surface area contributed by atoms with E-state index in [0.29, 0.717) is 17.9 Å². The zero-order chi connectivity index (χ0) is 16.2. The molecule has 2 heterocycles. The first kappa shape index (κ1) is 16.1. The van der Waals surface area contributed by atoms with Crippen LogP contribution in [-0.2, 0) is 21.4 Å². The molecule has 118 valence electrons. The average Bonchev–Trinajstić information content (AvgIpc) is 2.84. The quantitative estimate of drug-likeness (QED) is 0.692. The Kier molecular flexibility index (Phi) is 4.88. The SMILES string of the molecule is Cc1n[nH]c(C)c1S(=O)(=O)NCC(=O)NCc1ccncc1. The van der Waals surface area contributed by atoms with E-state index in [-0.39, 0.29) is 11.4 Å². The Morgan fingerprint density at radius 1 is 1.27 bits per heavy atom. The van der Waals surface area contributed by atoms with Crippen molar-refractivity contribution < 1.29 is 13.2 Å². The summed E-state index contributed by atoms with van der Waals surface area (Å²) in [6, 6.07) is 3.53. The van der Waals surface area contributed by atoms with Crippen LogP contribution in [0.2, 0.25) is 0 Å². The van der Waals surface area contributed by atoms with Gasteiger partial charge in [0, 0.05) is 18.9 Å². The lowest BCUT2D eigenvalue weighted by Gasteiger charge is -2.08. The summed E-state index contributed by atoms with van der Waals surface area (Å²) in [6.45, 7) is 3.17. The minimum atomic E-state index is -3.77. The van der Waals surface area contributed by atoms with Crippen LogP contribution in [-0.4, -0.2) is 36.1 Å². The minimum Gasteiger partial charge on any atom is -0.351 e. The van der Waals surface area contributed by atoms with Gasteiger partial charge in [0.05, 0.1) is 17.9 Å². The van der Waals surface area contributed by atoms with Crippen molar-refractivity contribution in [3.8, 4) is 0 Å². The molecular formula is C13H17N5O3S. The molecule has 0 saturated carbocycles. The molecule has 9 heteroatoms. The highest BCUT2D eigenvalue weighted by molar-refractivity contribution is 7.89. The molecule has 2 aromatic rings. The van der Waals surface area contributed by atoms with Crippen molar-refractivity contribution in [1.82, 2.24) is 25.2 Å². The van der Waals surface area contributed by atoms with Crippen molar-refractivity contribution in [3.63, 3.8) is 0 Å². The lowest BCUT2D eigenvalue weighted by Crippen LogP contribution is -2.36. The molecule has 0 unspecified atom stereocenters. The fourth-order valence-electron chi connectivity index (χ4n) is 1.93. The third kappa shape index (κ3) is 3.89. The van der Waals surface area contributed by atoms with Crippen molar-refractivity contribution in [2.24, 2.45) is 0 Å². The molecule has 0 atom stereocenters. The number of hydrogen-bond acceptors (Lipinski definition) is 5. The van der Waals surface area contributed by atoms with E-state index in [2.05, 4.69) is 25.2 Å². The number of hydrogen-bond donors (Lipinski definition) is 3. The summed E-state index contributed by atoms with van der Waals surface area (Å²) in [7, 11) is -3.77. The highest BCUT2D eigenvalue weighted by atomic mass is 32.2. The lowest BCUT2D eigenvalue weighted by molar-refractivity contribution is -0.120. The van der Waals surface area contributed by atoms with Crippen LogP contribution >= 0.6 is 0 Å². The van der Waals surface area contributed by atoms with Gasteiger partial charge in [0.1, 0.15) is 4.90 Å². The highest BCUT2D eigenvalue weighted by Gasteiger charge is 2.22. The van der Waals surface area contributed by atoms with Gasteiger partial charge in [-0.1, -0.05) is 0 Å². The van der Waals surface area contributed by atoms with Crippen LogP contribution in [0.15, 0.2) is 29.4 Å². The van der Waals surface area contributed by atoms with Crippen LogP contribution in [0.5, 0.6) is 0 Å².